The van der Waals surface area contributed by atoms with Gasteiger partial charge >= 0.3 is 0 Å². The van der Waals surface area contributed by atoms with Crippen molar-refractivity contribution < 1.29 is 24.2 Å². The van der Waals surface area contributed by atoms with Crippen molar-refractivity contribution in [3.8, 4) is 5.75 Å². The van der Waals surface area contributed by atoms with Gasteiger partial charge in [-0.15, -0.1) is 0 Å². The lowest BCUT2D eigenvalue weighted by Crippen LogP contribution is -2.42. The number of carbonyl (C=O) groups excluding carboxylic acids is 2. The van der Waals surface area contributed by atoms with Crippen LogP contribution in [0.3, 0.4) is 0 Å². The van der Waals surface area contributed by atoms with Gasteiger partial charge in [0.1, 0.15) is 11.5 Å². The molecule has 7 nitrogen and oxygen atoms in total. The van der Waals surface area contributed by atoms with E-state index in [2.05, 4.69) is 4.90 Å². The summed E-state index contributed by atoms with van der Waals surface area (Å²) >= 11 is 5.99. The van der Waals surface area contributed by atoms with E-state index < -0.39 is 17.7 Å². The van der Waals surface area contributed by atoms with Gasteiger partial charge in [-0.2, -0.15) is 0 Å². The number of rotatable bonds is 8. The van der Waals surface area contributed by atoms with E-state index in [1.807, 2.05) is 31.2 Å². The fraction of sp³-hybridized carbons (Fsp3) is 0.385. The summed E-state index contributed by atoms with van der Waals surface area (Å²) < 4.78 is 11.1. The minimum Gasteiger partial charge on any atom is -0.507 e. The number of hydrogen-bond donors (Lipinski definition) is 1. The average Bonchev–Trinajstić information content (AvgIpc) is 3.12. The van der Waals surface area contributed by atoms with Crippen molar-refractivity contribution in [3.63, 3.8) is 0 Å². The van der Waals surface area contributed by atoms with Gasteiger partial charge < -0.3 is 19.5 Å². The molecule has 0 radical (unpaired) electrons. The first-order chi connectivity index (χ1) is 16.5. The molecule has 4 rings (SSSR count). The highest BCUT2D eigenvalue weighted by Crippen LogP contribution is 2.39. The van der Waals surface area contributed by atoms with E-state index in [1.54, 1.807) is 29.2 Å². The molecular weight excluding hydrogens is 456 g/mol. The number of nitrogens with zero attached hydrogens (tertiary/aromatic N) is 2. The smallest absolute Gasteiger partial charge is 0.295 e. The van der Waals surface area contributed by atoms with Gasteiger partial charge in [-0.3, -0.25) is 14.5 Å². The molecule has 180 valence electrons. The normalized spacial score (nSPS) is 20.6. The number of amides is 1. The number of hydrogen-bond acceptors (Lipinski definition) is 6. The summed E-state index contributed by atoms with van der Waals surface area (Å²) in [5.74, 6) is -0.792. The Labute approximate surface area is 204 Å². The van der Waals surface area contributed by atoms with Crippen molar-refractivity contribution in [2.45, 2.75) is 19.4 Å². The van der Waals surface area contributed by atoms with Gasteiger partial charge in [0, 0.05) is 36.8 Å². The Balaban J connectivity index is 1.69. The van der Waals surface area contributed by atoms with Crippen molar-refractivity contribution in [1.82, 2.24) is 9.80 Å². The number of carbonyl (C=O) groups is 2. The van der Waals surface area contributed by atoms with Crippen LogP contribution in [-0.2, 0) is 14.3 Å². The molecule has 2 aliphatic heterocycles. The van der Waals surface area contributed by atoms with Crippen LogP contribution in [0.15, 0.2) is 54.1 Å². The quantitative estimate of drug-likeness (QED) is 0.348. The van der Waals surface area contributed by atoms with Crippen LogP contribution in [0.25, 0.3) is 5.76 Å². The van der Waals surface area contributed by atoms with Crippen LogP contribution in [0.1, 0.15) is 30.5 Å². The molecule has 0 spiro atoms. The summed E-state index contributed by atoms with van der Waals surface area (Å²) in [6, 6.07) is 13.2. The van der Waals surface area contributed by atoms with Crippen LogP contribution >= 0.6 is 11.6 Å². The van der Waals surface area contributed by atoms with E-state index in [9.17, 15) is 14.7 Å². The summed E-state index contributed by atoms with van der Waals surface area (Å²) in [6.07, 6.45) is 0.893. The summed E-state index contributed by atoms with van der Waals surface area (Å²) in [7, 11) is 0. The molecule has 1 atom stereocenters. The van der Waals surface area contributed by atoms with E-state index >= 15 is 0 Å². The van der Waals surface area contributed by atoms with Gasteiger partial charge in [0.05, 0.1) is 31.4 Å². The molecule has 0 aliphatic carbocycles. The Morgan fingerprint density at radius 3 is 2.38 bits per heavy atom. The number of Topliss-reactive ketones (excluding diaryl/α,β-unsaturated/α-hetero) is 1. The number of ketones is 1. The van der Waals surface area contributed by atoms with E-state index in [4.69, 9.17) is 21.1 Å². The van der Waals surface area contributed by atoms with Crippen LogP contribution < -0.4 is 4.74 Å². The minimum absolute atomic E-state index is 0.0801. The van der Waals surface area contributed by atoms with Gasteiger partial charge in [0.25, 0.3) is 11.7 Å². The molecule has 0 aromatic heterocycles. The van der Waals surface area contributed by atoms with E-state index in [0.717, 1.165) is 25.1 Å². The van der Waals surface area contributed by atoms with Gasteiger partial charge in [-0.25, -0.2) is 0 Å². The maximum absolute atomic E-state index is 13.1. The number of likely N-dealkylation sites (tertiary alicyclic amines) is 1. The summed E-state index contributed by atoms with van der Waals surface area (Å²) in [6.45, 7) is 6.48. The van der Waals surface area contributed by atoms with Gasteiger partial charge in [0.2, 0.25) is 0 Å². The van der Waals surface area contributed by atoms with Gasteiger partial charge in [-0.05, 0) is 48.4 Å². The van der Waals surface area contributed by atoms with E-state index in [-0.39, 0.29) is 11.3 Å². The van der Waals surface area contributed by atoms with E-state index in [1.165, 1.54) is 0 Å². The molecule has 1 unspecified atom stereocenters. The third-order valence-electron chi connectivity index (χ3n) is 6.09. The zero-order valence-corrected chi connectivity index (χ0v) is 20.0. The zero-order valence-electron chi connectivity index (χ0n) is 19.2. The van der Waals surface area contributed by atoms with Crippen molar-refractivity contribution in [1.29, 1.82) is 0 Å². The Hall–Kier alpha value is -2.87. The summed E-state index contributed by atoms with van der Waals surface area (Å²) in [4.78, 5) is 30.0. The molecule has 0 saturated carbocycles. The van der Waals surface area contributed by atoms with Crippen molar-refractivity contribution in [2.75, 3.05) is 46.0 Å². The van der Waals surface area contributed by atoms with Crippen LogP contribution in [0.2, 0.25) is 5.02 Å². The van der Waals surface area contributed by atoms with Crippen molar-refractivity contribution >= 4 is 29.1 Å². The molecule has 2 aromatic rings. The van der Waals surface area contributed by atoms with Crippen molar-refractivity contribution in [2.24, 2.45) is 0 Å². The second-order valence-electron chi connectivity index (χ2n) is 8.37. The highest BCUT2D eigenvalue weighted by atomic mass is 35.5. The minimum atomic E-state index is -0.697. The third kappa shape index (κ3) is 5.27. The van der Waals surface area contributed by atoms with E-state index in [0.29, 0.717) is 49.2 Å². The number of halogens is 1. The third-order valence-corrected chi connectivity index (χ3v) is 6.34. The lowest BCUT2D eigenvalue weighted by atomic mass is 9.95. The standard InChI is InChI=1S/C26H29ClN2O5/c1-2-15-34-21-9-5-18(6-10-21)23-22(24(30)19-3-7-20(27)8-4-19)25(31)26(32)29(23)12-11-28-13-16-33-17-14-28/h3-10,23,30H,2,11-17H2,1H3/b24-22-. The molecule has 2 aliphatic rings. The molecular formula is C26H29ClN2O5. The van der Waals surface area contributed by atoms with Crippen LogP contribution in [0.4, 0.5) is 0 Å². The monoisotopic (exact) mass is 484 g/mol. The van der Waals surface area contributed by atoms with Crippen LogP contribution in [0.5, 0.6) is 5.75 Å². The number of aliphatic hydroxyl groups is 1. The first-order valence-electron chi connectivity index (χ1n) is 11.6. The number of benzene rings is 2. The molecule has 1 amide bonds. The number of morpholine rings is 1. The fourth-order valence-corrected chi connectivity index (χ4v) is 4.39. The summed E-state index contributed by atoms with van der Waals surface area (Å²) in [5.41, 5.74) is 1.25. The lowest BCUT2D eigenvalue weighted by molar-refractivity contribution is -0.140. The zero-order chi connectivity index (χ0) is 24.1. The Morgan fingerprint density at radius 2 is 1.74 bits per heavy atom. The largest absolute Gasteiger partial charge is 0.507 e. The average molecular weight is 485 g/mol. The molecule has 2 saturated heterocycles. The second kappa shape index (κ2) is 11.0. The Bertz CT molecular complexity index is 1050. The first kappa shape index (κ1) is 24.3. The summed E-state index contributed by atoms with van der Waals surface area (Å²) in [5, 5.41) is 11.6. The predicted octanol–water partition coefficient (Wildman–Crippen LogP) is 3.88. The molecule has 0 bridgehead atoms. The predicted molar refractivity (Wildman–Crippen MR) is 130 cm³/mol. The molecule has 2 heterocycles. The maximum atomic E-state index is 13.1. The maximum Gasteiger partial charge on any atom is 0.295 e. The molecule has 2 aromatic carbocycles. The molecule has 8 heteroatoms. The Morgan fingerprint density at radius 1 is 1.06 bits per heavy atom. The molecule has 34 heavy (non-hydrogen) atoms. The Kier molecular flexibility index (Phi) is 7.88. The highest BCUT2D eigenvalue weighted by Gasteiger charge is 2.46. The van der Waals surface area contributed by atoms with Crippen molar-refractivity contribution in [3.05, 3.63) is 70.3 Å². The molecule has 2 fully saturated rings. The van der Waals surface area contributed by atoms with Gasteiger partial charge in [-0.1, -0.05) is 30.7 Å². The van der Waals surface area contributed by atoms with Crippen LogP contribution in [-0.4, -0.2) is 72.6 Å². The molecule has 1 N–H and O–H groups in total. The second-order valence-corrected chi connectivity index (χ2v) is 8.81. The van der Waals surface area contributed by atoms with Gasteiger partial charge in [0.15, 0.2) is 0 Å². The lowest BCUT2D eigenvalue weighted by Gasteiger charge is -2.31. The number of ether oxygens (including phenoxy) is 2. The van der Waals surface area contributed by atoms with Crippen LogP contribution in [0, 0.1) is 0 Å². The SMILES string of the molecule is CCCOc1ccc(C2/C(=C(/O)c3ccc(Cl)cc3)C(=O)C(=O)N2CCN2CCOCC2)cc1. The first-order valence-corrected chi connectivity index (χ1v) is 11.9. The fourth-order valence-electron chi connectivity index (χ4n) is 4.26. The topological polar surface area (TPSA) is 79.3 Å². The number of aliphatic hydroxyl groups excluding tert-OH is 1. The highest BCUT2D eigenvalue weighted by molar-refractivity contribution is 6.46.